The lowest BCUT2D eigenvalue weighted by Crippen LogP contribution is -2.49. The quantitative estimate of drug-likeness (QED) is 0.195. The molecule has 1 saturated carbocycles. The van der Waals surface area contributed by atoms with E-state index >= 15 is 0 Å². The number of hydrogen-bond acceptors (Lipinski definition) is 8. The van der Waals surface area contributed by atoms with E-state index in [-0.39, 0.29) is 52.5 Å². The average molecular weight is 687 g/mol. The molecule has 3 aromatic rings. The van der Waals surface area contributed by atoms with Gasteiger partial charge in [0, 0.05) is 29.2 Å². The predicted octanol–water partition coefficient (Wildman–Crippen LogP) is 5.84. The van der Waals surface area contributed by atoms with Crippen LogP contribution in [0.15, 0.2) is 66.2 Å². The number of Topliss-reactive ketones (excluding diaryl/α,β-unsaturated/α-hetero) is 1. The molecule has 2 saturated heterocycles. The first-order valence-electron chi connectivity index (χ1n) is 15.8. The van der Waals surface area contributed by atoms with Crippen LogP contribution >= 0.6 is 11.6 Å². The first kappa shape index (κ1) is 32.5. The number of amides is 4. The zero-order valence-corrected chi connectivity index (χ0v) is 27.8. The molecule has 49 heavy (non-hydrogen) atoms. The Bertz CT molecular complexity index is 1990. The van der Waals surface area contributed by atoms with E-state index < -0.39 is 58.5 Å². The largest absolute Gasteiger partial charge is 0.508 e. The van der Waals surface area contributed by atoms with E-state index in [0.29, 0.717) is 22.4 Å². The van der Waals surface area contributed by atoms with Crippen molar-refractivity contribution < 1.29 is 42.9 Å². The number of nitrogens with zero attached hydrogens (tertiary/aromatic N) is 2. The minimum absolute atomic E-state index is 0.0782. The number of ketones is 1. The maximum Gasteiger partial charge on any atom is 0.241 e. The molecule has 10 nitrogen and oxygen atoms in total. The van der Waals surface area contributed by atoms with Crippen LogP contribution in [0.4, 0.5) is 15.8 Å². The fourth-order valence-electron chi connectivity index (χ4n) is 8.50. The molecular formula is C37H32ClFN2O8. The molecule has 4 amide bonds. The first-order chi connectivity index (χ1) is 23.3. The Morgan fingerprint density at radius 3 is 2.12 bits per heavy atom. The predicted molar refractivity (Wildman–Crippen MR) is 176 cm³/mol. The van der Waals surface area contributed by atoms with E-state index in [9.17, 15) is 33.5 Å². The van der Waals surface area contributed by atoms with Crippen LogP contribution in [0.25, 0.3) is 0 Å². The summed E-state index contributed by atoms with van der Waals surface area (Å²) >= 11 is 6.09. The fourth-order valence-corrected chi connectivity index (χ4v) is 8.68. The molecule has 252 valence electrons. The molecule has 0 aromatic heterocycles. The second-order valence-corrected chi connectivity index (χ2v) is 13.5. The number of halogens is 2. The lowest BCUT2D eigenvalue weighted by Gasteiger charge is -2.49. The van der Waals surface area contributed by atoms with Crippen molar-refractivity contribution >= 4 is 52.4 Å². The van der Waals surface area contributed by atoms with E-state index in [4.69, 9.17) is 21.1 Å². The molecule has 2 aliphatic carbocycles. The molecule has 4 aliphatic rings. The van der Waals surface area contributed by atoms with Crippen molar-refractivity contribution in [3.8, 4) is 17.2 Å². The highest BCUT2D eigenvalue weighted by Gasteiger charge is 2.68. The number of ether oxygens (including phenoxy) is 2. The van der Waals surface area contributed by atoms with Gasteiger partial charge < -0.3 is 14.6 Å². The van der Waals surface area contributed by atoms with Gasteiger partial charge in [-0.1, -0.05) is 23.3 Å². The Morgan fingerprint density at radius 2 is 1.53 bits per heavy atom. The number of carbonyl (C=O) groups excluding carboxylic acids is 5. The molecule has 6 atom stereocenters. The molecule has 7 rings (SSSR count). The van der Waals surface area contributed by atoms with Crippen molar-refractivity contribution in [1.29, 1.82) is 0 Å². The second-order valence-electron chi connectivity index (χ2n) is 13.1. The lowest BCUT2D eigenvalue weighted by atomic mass is 9.51. The average Bonchev–Trinajstić information content (AvgIpc) is 3.45. The van der Waals surface area contributed by atoms with Gasteiger partial charge in [-0.15, -0.1) is 0 Å². The molecule has 3 fully saturated rings. The zero-order valence-electron chi connectivity index (χ0n) is 27.0. The molecule has 1 N–H and O–H groups in total. The van der Waals surface area contributed by atoms with Crippen LogP contribution < -0.4 is 19.3 Å². The van der Waals surface area contributed by atoms with Crippen LogP contribution in [0.5, 0.6) is 17.2 Å². The van der Waals surface area contributed by atoms with Crippen LogP contribution in [0.3, 0.4) is 0 Å². The summed E-state index contributed by atoms with van der Waals surface area (Å²) in [7, 11) is 2.82. The summed E-state index contributed by atoms with van der Waals surface area (Å²) in [6.07, 6.45) is 2.16. The monoisotopic (exact) mass is 686 g/mol. The third-order valence-electron chi connectivity index (χ3n) is 10.8. The molecule has 0 radical (unpaired) electrons. The van der Waals surface area contributed by atoms with Gasteiger partial charge >= 0.3 is 0 Å². The number of anilines is 2. The van der Waals surface area contributed by atoms with Crippen molar-refractivity contribution in [2.75, 3.05) is 24.0 Å². The lowest BCUT2D eigenvalue weighted by molar-refractivity contribution is -0.131. The van der Waals surface area contributed by atoms with Gasteiger partial charge in [-0.25, -0.2) is 9.29 Å². The van der Waals surface area contributed by atoms with Gasteiger partial charge in [0.1, 0.15) is 23.1 Å². The van der Waals surface area contributed by atoms with E-state index in [2.05, 4.69) is 0 Å². The van der Waals surface area contributed by atoms with Crippen LogP contribution in [-0.4, -0.2) is 48.7 Å². The van der Waals surface area contributed by atoms with Gasteiger partial charge in [-0.3, -0.25) is 28.9 Å². The van der Waals surface area contributed by atoms with Crippen molar-refractivity contribution in [3.05, 3.63) is 88.2 Å². The zero-order chi connectivity index (χ0) is 35.1. The smallest absolute Gasteiger partial charge is 0.241 e. The summed E-state index contributed by atoms with van der Waals surface area (Å²) < 4.78 is 25.7. The Hall–Kier alpha value is -5.03. The second kappa shape index (κ2) is 11.5. The van der Waals surface area contributed by atoms with E-state index in [0.717, 1.165) is 15.9 Å². The fraction of sp³-hybridized carbons (Fsp3) is 0.324. The first-order valence-corrected chi connectivity index (χ1v) is 16.2. The summed E-state index contributed by atoms with van der Waals surface area (Å²) in [5.41, 5.74) is 0.491. The standard InChI is InChI=1S/C37H32ClFN2O8/c1-17(42)18-5-7-19(8-6-18)40-33(44)23-11-10-22-24(30(23)35(40)46)16-25-34(45)41(20-9-12-27(39)26(38)13-20)36(47)37(25,2)32(22)31-28(48-3)14-21(43)15-29(31)49-4/h5-10,12-15,23-25,30,32,43H,11,16H2,1-4H3/t23-,24+,25-,30-,32+,37+/m0/s1. The molecule has 0 unspecified atom stereocenters. The Morgan fingerprint density at radius 1 is 0.898 bits per heavy atom. The highest BCUT2D eigenvalue weighted by molar-refractivity contribution is 6.32. The van der Waals surface area contributed by atoms with Gasteiger partial charge in [-0.2, -0.15) is 0 Å². The third-order valence-corrected chi connectivity index (χ3v) is 11.1. The summed E-state index contributed by atoms with van der Waals surface area (Å²) in [5.74, 6) is -6.63. The van der Waals surface area contributed by atoms with Crippen molar-refractivity contribution in [2.24, 2.45) is 29.1 Å². The maximum atomic E-state index is 14.7. The number of phenols is 1. The minimum Gasteiger partial charge on any atom is -0.508 e. The highest BCUT2D eigenvalue weighted by Crippen LogP contribution is 2.65. The van der Waals surface area contributed by atoms with E-state index in [1.807, 2.05) is 6.08 Å². The summed E-state index contributed by atoms with van der Waals surface area (Å²) in [6.45, 7) is 3.11. The molecule has 0 spiro atoms. The molecular weight excluding hydrogens is 655 g/mol. The third kappa shape index (κ3) is 4.62. The number of fused-ring (bicyclic) bond motifs is 4. The molecule has 3 aromatic carbocycles. The van der Waals surface area contributed by atoms with Gasteiger partial charge in [0.15, 0.2) is 5.78 Å². The summed E-state index contributed by atoms with van der Waals surface area (Å²) in [5, 5.41) is 10.3. The number of carbonyl (C=O) groups is 5. The van der Waals surface area contributed by atoms with E-state index in [1.165, 1.54) is 45.4 Å². The number of rotatable bonds is 6. The number of phenolic OH excluding ortho intramolecular Hbond substituents is 1. The van der Waals surface area contributed by atoms with Crippen molar-refractivity contribution in [2.45, 2.75) is 32.6 Å². The normalized spacial score (nSPS) is 27.5. The van der Waals surface area contributed by atoms with Crippen LogP contribution in [-0.2, 0) is 19.2 Å². The van der Waals surface area contributed by atoms with Crippen LogP contribution in [0, 0.1) is 34.9 Å². The van der Waals surface area contributed by atoms with Crippen LogP contribution in [0.1, 0.15) is 48.5 Å². The molecule has 12 heteroatoms. The number of benzene rings is 3. The summed E-state index contributed by atoms with van der Waals surface area (Å²) in [6, 6.07) is 12.7. The Balaban J connectivity index is 1.40. The SMILES string of the molecule is COc1cc(O)cc(OC)c1[C@H]1C2=CC[C@@H]3C(=O)N(c4ccc(C(C)=O)cc4)C(=O)[C@@H]3[C@@H]2C[C@H]2C(=O)N(c3ccc(F)c(Cl)c3)C(=O)[C@@]12C. The molecule has 2 heterocycles. The maximum absolute atomic E-state index is 14.7. The van der Waals surface area contributed by atoms with Gasteiger partial charge in [-0.05, 0) is 75.1 Å². The number of aromatic hydroxyl groups is 1. The number of imide groups is 2. The minimum atomic E-state index is -1.46. The molecule has 2 aliphatic heterocycles. The number of allylic oxidation sites excluding steroid dienone is 2. The van der Waals surface area contributed by atoms with Gasteiger partial charge in [0.05, 0.1) is 53.8 Å². The van der Waals surface area contributed by atoms with Crippen molar-refractivity contribution in [1.82, 2.24) is 0 Å². The Kier molecular flexibility index (Phi) is 7.66. The van der Waals surface area contributed by atoms with Gasteiger partial charge in [0.25, 0.3) is 0 Å². The van der Waals surface area contributed by atoms with Gasteiger partial charge in [0.2, 0.25) is 23.6 Å². The number of hydrogen-bond donors (Lipinski definition) is 1. The topological polar surface area (TPSA) is 131 Å². The van der Waals surface area contributed by atoms with E-state index in [1.54, 1.807) is 31.2 Å². The number of methoxy groups -OCH3 is 2. The van der Waals surface area contributed by atoms with Crippen LogP contribution in [0.2, 0.25) is 5.02 Å². The molecule has 0 bridgehead atoms. The highest BCUT2D eigenvalue weighted by atomic mass is 35.5. The Labute approximate surface area is 286 Å². The summed E-state index contributed by atoms with van der Waals surface area (Å²) in [4.78, 5) is 71.4. The van der Waals surface area contributed by atoms with Crippen molar-refractivity contribution in [3.63, 3.8) is 0 Å².